The SMILES string of the molecule is Cc1cccc(-c2[nH]c(C(C)C)nc2-c2cccc(-c3ccc(CN4CCOCC4)cc3)c2)n1. The van der Waals surface area contributed by atoms with E-state index >= 15 is 0 Å². The summed E-state index contributed by atoms with van der Waals surface area (Å²) in [7, 11) is 0. The van der Waals surface area contributed by atoms with E-state index in [4.69, 9.17) is 14.7 Å². The maximum absolute atomic E-state index is 5.47. The van der Waals surface area contributed by atoms with Crippen LogP contribution in [0.25, 0.3) is 33.8 Å². The van der Waals surface area contributed by atoms with Crippen LogP contribution in [0.4, 0.5) is 0 Å². The number of H-pyrrole nitrogens is 1. The van der Waals surface area contributed by atoms with Gasteiger partial charge in [0.25, 0.3) is 0 Å². The molecule has 2 aromatic heterocycles. The van der Waals surface area contributed by atoms with Crippen LogP contribution in [0.5, 0.6) is 0 Å². The molecule has 1 aliphatic heterocycles. The Bertz CT molecular complexity index is 1250. The predicted octanol–water partition coefficient (Wildman–Crippen LogP) is 6.07. The molecule has 34 heavy (non-hydrogen) atoms. The van der Waals surface area contributed by atoms with E-state index in [0.29, 0.717) is 5.92 Å². The molecule has 0 saturated carbocycles. The number of aromatic amines is 1. The number of rotatable bonds is 6. The number of morpholine rings is 1. The average Bonchev–Trinajstić information content (AvgIpc) is 3.32. The van der Waals surface area contributed by atoms with Crippen LogP contribution in [0, 0.1) is 6.92 Å². The van der Waals surface area contributed by atoms with Gasteiger partial charge in [0.1, 0.15) is 5.82 Å². The van der Waals surface area contributed by atoms with Crippen LogP contribution in [-0.2, 0) is 11.3 Å². The number of hydrogen-bond acceptors (Lipinski definition) is 4. The van der Waals surface area contributed by atoms with E-state index < -0.39 is 0 Å². The Labute approximate surface area is 201 Å². The van der Waals surface area contributed by atoms with Crippen molar-refractivity contribution in [3.8, 4) is 33.8 Å². The lowest BCUT2D eigenvalue weighted by molar-refractivity contribution is 0.0342. The number of aromatic nitrogens is 3. The Balaban J connectivity index is 1.45. The molecule has 5 rings (SSSR count). The molecule has 4 aromatic rings. The maximum Gasteiger partial charge on any atom is 0.109 e. The fourth-order valence-electron chi connectivity index (χ4n) is 4.41. The lowest BCUT2D eigenvalue weighted by Crippen LogP contribution is -2.35. The molecular formula is C29H32N4O. The number of benzene rings is 2. The molecule has 174 valence electrons. The first kappa shape index (κ1) is 22.5. The molecule has 5 heteroatoms. The molecule has 3 heterocycles. The van der Waals surface area contributed by atoms with Crippen molar-refractivity contribution < 1.29 is 4.74 Å². The van der Waals surface area contributed by atoms with Gasteiger partial charge in [0, 0.05) is 36.8 Å². The van der Waals surface area contributed by atoms with E-state index in [1.54, 1.807) is 0 Å². The van der Waals surface area contributed by atoms with Crippen LogP contribution in [0.2, 0.25) is 0 Å². The zero-order valence-corrected chi connectivity index (χ0v) is 20.2. The normalized spacial score (nSPS) is 14.6. The monoisotopic (exact) mass is 452 g/mol. The van der Waals surface area contributed by atoms with Crippen LogP contribution in [0.15, 0.2) is 66.7 Å². The maximum atomic E-state index is 5.47. The van der Waals surface area contributed by atoms with Gasteiger partial charge in [-0.3, -0.25) is 9.88 Å². The summed E-state index contributed by atoms with van der Waals surface area (Å²) in [5, 5.41) is 0. The molecule has 0 bridgehead atoms. The number of hydrogen-bond donors (Lipinski definition) is 1. The van der Waals surface area contributed by atoms with Gasteiger partial charge in [-0.05, 0) is 41.8 Å². The number of nitrogens with zero attached hydrogens (tertiary/aromatic N) is 3. The molecule has 1 aliphatic rings. The Morgan fingerprint density at radius 3 is 2.35 bits per heavy atom. The van der Waals surface area contributed by atoms with Gasteiger partial charge in [-0.15, -0.1) is 0 Å². The van der Waals surface area contributed by atoms with Gasteiger partial charge in [0.05, 0.1) is 30.3 Å². The number of ether oxygens (including phenoxy) is 1. The highest BCUT2D eigenvalue weighted by Gasteiger charge is 2.17. The smallest absolute Gasteiger partial charge is 0.109 e. The summed E-state index contributed by atoms with van der Waals surface area (Å²) < 4.78 is 5.47. The van der Waals surface area contributed by atoms with Crippen molar-refractivity contribution in [1.82, 2.24) is 19.9 Å². The summed E-state index contributed by atoms with van der Waals surface area (Å²) in [6.07, 6.45) is 0. The van der Waals surface area contributed by atoms with Gasteiger partial charge in [-0.1, -0.05) is 62.4 Å². The van der Waals surface area contributed by atoms with E-state index in [-0.39, 0.29) is 0 Å². The Hall–Kier alpha value is -3.28. The first-order chi connectivity index (χ1) is 16.6. The van der Waals surface area contributed by atoms with Gasteiger partial charge < -0.3 is 9.72 Å². The molecule has 0 atom stereocenters. The average molecular weight is 453 g/mol. The van der Waals surface area contributed by atoms with Gasteiger partial charge >= 0.3 is 0 Å². The summed E-state index contributed by atoms with van der Waals surface area (Å²) in [5.74, 6) is 1.28. The third-order valence-corrected chi connectivity index (χ3v) is 6.35. The van der Waals surface area contributed by atoms with Gasteiger partial charge in [-0.25, -0.2) is 4.98 Å². The van der Waals surface area contributed by atoms with Crippen molar-refractivity contribution in [1.29, 1.82) is 0 Å². The molecule has 1 saturated heterocycles. The van der Waals surface area contributed by atoms with E-state index in [2.05, 4.69) is 72.3 Å². The molecule has 0 unspecified atom stereocenters. The molecule has 0 amide bonds. The zero-order valence-electron chi connectivity index (χ0n) is 20.2. The highest BCUT2D eigenvalue weighted by molar-refractivity contribution is 5.80. The second-order valence-electron chi connectivity index (χ2n) is 9.33. The quantitative estimate of drug-likeness (QED) is 0.386. The molecule has 5 nitrogen and oxygen atoms in total. The van der Waals surface area contributed by atoms with Crippen LogP contribution in [0.1, 0.15) is 36.8 Å². The molecule has 1 N–H and O–H groups in total. The fraction of sp³-hybridized carbons (Fsp3) is 0.310. The Morgan fingerprint density at radius 1 is 0.882 bits per heavy atom. The molecule has 0 radical (unpaired) electrons. The molecular weight excluding hydrogens is 420 g/mol. The van der Waals surface area contributed by atoms with Gasteiger partial charge in [0.15, 0.2) is 0 Å². The van der Waals surface area contributed by atoms with Crippen molar-refractivity contribution in [2.75, 3.05) is 26.3 Å². The van der Waals surface area contributed by atoms with Crippen molar-refractivity contribution in [3.63, 3.8) is 0 Å². The van der Waals surface area contributed by atoms with Crippen LogP contribution in [0.3, 0.4) is 0 Å². The molecule has 0 spiro atoms. The van der Waals surface area contributed by atoms with E-state index in [1.165, 1.54) is 16.7 Å². The lowest BCUT2D eigenvalue weighted by atomic mass is 9.99. The summed E-state index contributed by atoms with van der Waals surface area (Å²) >= 11 is 0. The lowest BCUT2D eigenvalue weighted by Gasteiger charge is -2.26. The summed E-state index contributed by atoms with van der Waals surface area (Å²) in [6, 6.07) is 23.7. The van der Waals surface area contributed by atoms with Gasteiger partial charge in [0.2, 0.25) is 0 Å². The van der Waals surface area contributed by atoms with Crippen LogP contribution >= 0.6 is 0 Å². The van der Waals surface area contributed by atoms with E-state index in [0.717, 1.165) is 67.0 Å². The number of aryl methyl sites for hydroxylation is 1. The highest BCUT2D eigenvalue weighted by atomic mass is 16.5. The fourth-order valence-corrected chi connectivity index (χ4v) is 4.41. The molecule has 1 fully saturated rings. The number of imidazole rings is 1. The zero-order chi connectivity index (χ0) is 23.5. The minimum atomic E-state index is 0.305. The third kappa shape index (κ3) is 4.96. The first-order valence-electron chi connectivity index (χ1n) is 12.1. The minimum Gasteiger partial charge on any atom is -0.379 e. The van der Waals surface area contributed by atoms with Crippen molar-refractivity contribution in [2.45, 2.75) is 33.2 Å². The largest absolute Gasteiger partial charge is 0.379 e. The van der Waals surface area contributed by atoms with Crippen LogP contribution < -0.4 is 0 Å². The predicted molar refractivity (Wildman–Crippen MR) is 138 cm³/mol. The Kier molecular flexibility index (Phi) is 6.57. The van der Waals surface area contributed by atoms with Crippen molar-refractivity contribution >= 4 is 0 Å². The number of nitrogens with one attached hydrogen (secondary N) is 1. The molecule has 2 aromatic carbocycles. The van der Waals surface area contributed by atoms with E-state index in [9.17, 15) is 0 Å². The van der Waals surface area contributed by atoms with Crippen LogP contribution in [-0.4, -0.2) is 46.2 Å². The highest BCUT2D eigenvalue weighted by Crippen LogP contribution is 2.33. The topological polar surface area (TPSA) is 54.0 Å². The summed E-state index contributed by atoms with van der Waals surface area (Å²) in [4.78, 5) is 15.7. The minimum absolute atomic E-state index is 0.305. The molecule has 0 aliphatic carbocycles. The summed E-state index contributed by atoms with van der Waals surface area (Å²) in [5.41, 5.74) is 8.68. The summed E-state index contributed by atoms with van der Waals surface area (Å²) in [6.45, 7) is 11.0. The second kappa shape index (κ2) is 9.92. The first-order valence-corrected chi connectivity index (χ1v) is 12.1. The van der Waals surface area contributed by atoms with Crippen molar-refractivity contribution in [2.24, 2.45) is 0 Å². The van der Waals surface area contributed by atoms with Crippen molar-refractivity contribution in [3.05, 3.63) is 83.8 Å². The number of pyridine rings is 1. The standard InChI is InChI=1S/C29H32N4O/c1-20(2)29-31-27(28(32-29)26-9-4-6-21(3)30-26)25-8-5-7-24(18-25)23-12-10-22(11-13-23)19-33-14-16-34-17-15-33/h4-13,18,20H,14-17,19H2,1-3H3,(H,31,32). The second-order valence-corrected chi connectivity index (χ2v) is 9.33. The third-order valence-electron chi connectivity index (χ3n) is 6.35. The van der Waals surface area contributed by atoms with Gasteiger partial charge in [-0.2, -0.15) is 0 Å². The van der Waals surface area contributed by atoms with E-state index in [1.807, 2.05) is 25.1 Å². The Morgan fingerprint density at radius 2 is 1.62 bits per heavy atom.